The van der Waals surface area contributed by atoms with E-state index in [1.165, 1.54) is 11.4 Å². The minimum absolute atomic E-state index is 0.0671. The normalized spacial score (nSPS) is 20.5. The minimum atomic E-state index is -0.110. The molecule has 0 saturated heterocycles. The maximum absolute atomic E-state index is 12.5. The topological polar surface area (TPSA) is 66.1 Å². The first kappa shape index (κ1) is 19.4. The van der Waals surface area contributed by atoms with Crippen LogP contribution in [0.5, 0.6) is 0 Å². The summed E-state index contributed by atoms with van der Waals surface area (Å²) < 4.78 is 5.87. The Labute approximate surface area is 171 Å². The molecule has 1 aliphatic heterocycles. The predicted octanol–water partition coefficient (Wildman–Crippen LogP) is 3.78. The molecule has 1 aromatic carbocycles. The van der Waals surface area contributed by atoms with Crippen molar-refractivity contribution in [2.45, 2.75) is 45.1 Å². The van der Waals surface area contributed by atoms with Crippen molar-refractivity contribution in [2.75, 3.05) is 13.6 Å². The highest BCUT2D eigenvalue weighted by Gasteiger charge is 2.36. The summed E-state index contributed by atoms with van der Waals surface area (Å²) in [6.45, 7) is 3.21. The van der Waals surface area contributed by atoms with Gasteiger partial charge < -0.3 is 9.32 Å². The highest BCUT2D eigenvalue weighted by Crippen LogP contribution is 2.47. The number of rotatable bonds is 7. The molecule has 0 spiro atoms. The van der Waals surface area contributed by atoms with Crippen LogP contribution in [0.15, 0.2) is 52.0 Å². The minimum Gasteiger partial charge on any atom is -0.464 e. The van der Waals surface area contributed by atoms with E-state index in [1.54, 1.807) is 11.9 Å². The number of amides is 2. The van der Waals surface area contributed by atoms with Crippen LogP contribution in [0.25, 0.3) is 0 Å². The largest absolute Gasteiger partial charge is 0.464 e. The molecule has 0 radical (unpaired) electrons. The maximum Gasteiger partial charge on any atom is 0.243 e. The highest BCUT2D eigenvalue weighted by atomic mass is 16.3. The third kappa shape index (κ3) is 4.58. The molecule has 152 valence electrons. The average molecular weight is 393 g/mol. The molecule has 0 N–H and O–H groups in total. The van der Waals surface area contributed by atoms with E-state index in [9.17, 15) is 9.59 Å². The first-order chi connectivity index (χ1) is 14.0. The second kappa shape index (κ2) is 8.23. The molecular formula is C23H27N3O3. The molecule has 2 aromatic rings. The first-order valence-corrected chi connectivity index (χ1v) is 10.3. The van der Waals surface area contributed by atoms with Crippen LogP contribution in [0.4, 0.5) is 0 Å². The lowest BCUT2D eigenvalue weighted by Gasteiger charge is -2.16. The van der Waals surface area contributed by atoms with Gasteiger partial charge in [-0.2, -0.15) is 5.10 Å². The Bertz CT molecular complexity index is 918. The lowest BCUT2D eigenvalue weighted by Crippen LogP contribution is -2.29. The van der Waals surface area contributed by atoms with Gasteiger partial charge in [-0.05, 0) is 30.0 Å². The molecular weight excluding hydrogens is 366 g/mol. The Hall–Kier alpha value is -2.89. The highest BCUT2D eigenvalue weighted by molar-refractivity contribution is 6.02. The predicted molar refractivity (Wildman–Crippen MR) is 110 cm³/mol. The van der Waals surface area contributed by atoms with E-state index in [0.717, 1.165) is 29.2 Å². The fourth-order valence-corrected chi connectivity index (χ4v) is 3.72. The van der Waals surface area contributed by atoms with Crippen LogP contribution in [0, 0.1) is 5.92 Å². The van der Waals surface area contributed by atoms with E-state index < -0.39 is 0 Å². The molecule has 1 saturated carbocycles. The van der Waals surface area contributed by atoms with Crippen molar-refractivity contribution in [3.63, 3.8) is 0 Å². The van der Waals surface area contributed by atoms with E-state index >= 15 is 0 Å². The van der Waals surface area contributed by atoms with Crippen molar-refractivity contribution in [3.8, 4) is 0 Å². The fraction of sp³-hybridized carbons (Fsp3) is 0.435. The third-order valence-electron chi connectivity index (χ3n) is 5.73. The van der Waals surface area contributed by atoms with Crippen LogP contribution in [0.2, 0.25) is 0 Å². The number of hydrazone groups is 1. The molecule has 2 atom stereocenters. The monoisotopic (exact) mass is 393 g/mol. The second-order valence-corrected chi connectivity index (χ2v) is 8.05. The van der Waals surface area contributed by atoms with Gasteiger partial charge >= 0.3 is 0 Å². The van der Waals surface area contributed by atoms with Gasteiger partial charge in [0, 0.05) is 32.2 Å². The van der Waals surface area contributed by atoms with Crippen molar-refractivity contribution < 1.29 is 14.0 Å². The van der Waals surface area contributed by atoms with Crippen LogP contribution in [0.1, 0.15) is 55.6 Å². The summed E-state index contributed by atoms with van der Waals surface area (Å²) in [5.74, 6) is 2.85. The first-order valence-electron chi connectivity index (χ1n) is 10.3. The van der Waals surface area contributed by atoms with E-state index in [0.29, 0.717) is 24.9 Å². The van der Waals surface area contributed by atoms with Crippen molar-refractivity contribution in [1.82, 2.24) is 9.91 Å². The Morgan fingerprint density at radius 2 is 1.93 bits per heavy atom. The van der Waals surface area contributed by atoms with Crippen molar-refractivity contribution in [3.05, 3.63) is 59.5 Å². The van der Waals surface area contributed by atoms with E-state index in [1.807, 2.05) is 42.5 Å². The van der Waals surface area contributed by atoms with Crippen molar-refractivity contribution in [2.24, 2.45) is 11.0 Å². The van der Waals surface area contributed by atoms with Crippen LogP contribution >= 0.6 is 0 Å². The van der Waals surface area contributed by atoms with Gasteiger partial charge in [0.2, 0.25) is 11.8 Å². The fourth-order valence-electron chi connectivity index (χ4n) is 3.72. The van der Waals surface area contributed by atoms with Crippen LogP contribution < -0.4 is 0 Å². The van der Waals surface area contributed by atoms with Gasteiger partial charge in [0.25, 0.3) is 0 Å². The lowest BCUT2D eigenvalue weighted by atomic mass is 10.1. The molecule has 6 nitrogen and oxygen atoms in total. The van der Waals surface area contributed by atoms with Gasteiger partial charge in [-0.25, -0.2) is 5.01 Å². The van der Waals surface area contributed by atoms with E-state index in [-0.39, 0.29) is 24.7 Å². The number of benzene rings is 1. The van der Waals surface area contributed by atoms with E-state index in [4.69, 9.17) is 4.42 Å². The standard InChI is InChI=1S/C23H27N3O3/c1-16-14-19(16)21-9-8-18(29-21)15-25(2)22(27)10-11-23(28)26-13-12-20(24-26)17-6-4-3-5-7-17/h3-9,16,19H,10-15H2,1-2H3/t16-,19+/m1/s1. The zero-order chi connectivity index (χ0) is 20.4. The molecule has 1 aromatic heterocycles. The Balaban J connectivity index is 1.25. The Morgan fingerprint density at radius 1 is 1.17 bits per heavy atom. The summed E-state index contributed by atoms with van der Waals surface area (Å²) in [6.07, 6.45) is 2.26. The number of hydrogen-bond donors (Lipinski definition) is 0. The van der Waals surface area contributed by atoms with E-state index in [2.05, 4.69) is 12.0 Å². The molecule has 2 heterocycles. The summed E-state index contributed by atoms with van der Waals surface area (Å²) in [5, 5.41) is 5.93. The van der Waals surface area contributed by atoms with Gasteiger partial charge in [-0.1, -0.05) is 37.3 Å². The quantitative estimate of drug-likeness (QED) is 0.719. The zero-order valence-corrected chi connectivity index (χ0v) is 17.0. The maximum atomic E-state index is 12.5. The second-order valence-electron chi connectivity index (χ2n) is 8.05. The smallest absolute Gasteiger partial charge is 0.243 e. The zero-order valence-electron chi connectivity index (χ0n) is 17.0. The number of furan rings is 1. The molecule has 29 heavy (non-hydrogen) atoms. The summed E-state index contributed by atoms with van der Waals surface area (Å²) in [5.41, 5.74) is 1.96. The summed E-state index contributed by atoms with van der Waals surface area (Å²) in [7, 11) is 1.75. The number of nitrogens with zero attached hydrogens (tertiary/aromatic N) is 3. The molecule has 2 amide bonds. The summed E-state index contributed by atoms with van der Waals surface area (Å²) in [4.78, 5) is 26.5. The molecule has 6 heteroatoms. The Kier molecular flexibility index (Phi) is 5.51. The van der Waals surface area contributed by atoms with Crippen molar-refractivity contribution >= 4 is 17.5 Å². The van der Waals surface area contributed by atoms with Gasteiger partial charge in [0.05, 0.1) is 18.8 Å². The lowest BCUT2D eigenvalue weighted by molar-refractivity contribution is -0.136. The van der Waals surface area contributed by atoms with Crippen LogP contribution in [-0.2, 0) is 16.1 Å². The van der Waals surface area contributed by atoms with Gasteiger partial charge in [0.1, 0.15) is 11.5 Å². The van der Waals surface area contributed by atoms with Gasteiger partial charge in [0.15, 0.2) is 0 Å². The third-order valence-corrected chi connectivity index (χ3v) is 5.73. The molecule has 2 aliphatic rings. The van der Waals surface area contributed by atoms with Crippen LogP contribution in [0.3, 0.4) is 0 Å². The molecule has 0 unspecified atom stereocenters. The molecule has 4 rings (SSSR count). The molecule has 1 aliphatic carbocycles. The van der Waals surface area contributed by atoms with Crippen molar-refractivity contribution in [1.29, 1.82) is 0 Å². The number of carbonyl (C=O) groups is 2. The Morgan fingerprint density at radius 3 is 2.66 bits per heavy atom. The van der Waals surface area contributed by atoms with Crippen LogP contribution in [-0.4, -0.2) is 41.0 Å². The SMILES string of the molecule is C[C@@H]1C[C@@H]1c1ccc(CN(C)C(=O)CCC(=O)N2CCC(c3ccccc3)=N2)o1. The molecule has 0 bridgehead atoms. The average Bonchev–Trinajstić information content (AvgIpc) is 3.14. The number of hydrogen-bond acceptors (Lipinski definition) is 4. The number of carbonyl (C=O) groups excluding carboxylic acids is 2. The van der Waals surface area contributed by atoms with Gasteiger partial charge in [-0.3, -0.25) is 9.59 Å². The molecule has 1 fully saturated rings. The summed E-state index contributed by atoms with van der Waals surface area (Å²) >= 11 is 0. The summed E-state index contributed by atoms with van der Waals surface area (Å²) in [6, 6.07) is 13.8. The van der Waals surface area contributed by atoms with Gasteiger partial charge in [-0.15, -0.1) is 0 Å².